The van der Waals surface area contributed by atoms with Gasteiger partial charge in [0.25, 0.3) is 0 Å². The van der Waals surface area contributed by atoms with Crippen LogP contribution in [0.1, 0.15) is 16.2 Å². The van der Waals surface area contributed by atoms with Crippen molar-refractivity contribution in [3.8, 4) is 0 Å². The predicted molar refractivity (Wildman–Crippen MR) is 49.9 cm³/mol. The van der Waals surface area contributed by atoms with Crippen LogP contribution >= 0.6 is 0 Å². The van der Waals surface area contributed by atoms with Crippen molar-refractivity contribution in [2.45, 2.75) is 6.54 Å². The summed E-state index contributed by atoms with van der Waals surface area (Å²) in [6.45, 7) is 0.629. The Hall–Kier alpha value is -1.91. The van der Waals surface area contributed by atoms with Gasteiger partial charge in [-0.25, -0.2) is 4.98 Å². The summed E-state index contributed by atoms with van der Waals surface area (Å²) >= 11 is 0. The summed E-state index contributed by atoms with van der Waals surface area (Å²) in [5.41, 5.74) is 0.673. The zero-order valence-electron chi connectivity index (χ0n) is 7.79. The molecule has 2 aromatic heterocycles. The summed E-state index contributed by atoms with van der Waals surface area (Å²) in [4.78, 5) is 14.5. The van der Waals surface area contributed by atoms with Crippen molar-refractivity contribution in [3.05, 3.63) is 36.2 Å². The van der Waals surface area contributed by atoms with Gasteiger partial charge in [0, 0.05) is 25.0 Å². The molecule has 5 nitrogen and oxygen atoms in total. The van der Waals surface area contributed by atoms with Crippen LogP contribution in [0.2, 0.25) is 0 Å². The second-order valence-corrected chi connectivity index (χ2v) is 3.03. The number of carbonyl (C=O) groups excluding carboxylic acids is 1. The molecule has 0 bridgehead atoms. The first-order valence-corrected chi connectivity index (χ1v) is 4.23. The lowest BCUT2D eigenvalue weighted by molar-refractivity contribution is 0.112. The molecule has 0 atom stereocenters. The fourth-order valence-corrected chi connectivity index (χ4v) is 1.25. The lowest BCUT2D eigenvalue weighted by atomic mass is 10.4. The van der Waals surface area contributed by atoms with E-state index in [-0.39, 0.29) is 0 Å². The molecule has 0 saturated carbocycles. The Morgan fingerprint density at radius 3 is 3.00 bits per heavy atom. The molecule has 72 valence electrons. The van der Waals surface area contributed by atoms with Crippen LogP contribution in [0, 0.1) is 0 Å². The van der Waals surface area contributed by atoms with Crippen molar-refractivity contribution in [3.63, 3.8) is 0 Å². The molecule has 5 heteroatoms. The smallest absolute Gasteiger partial charge is 0.151 e. The van der Waals surface area contributed by atoms with Gasteiger partial charge in [0.15, 0.2) is 6.29 Å². The van der Waals surface area contributed by atoms with E-state index in [0.29, 0.717) is 12.1 Å². The highest BCUT2D eigenvalue weighted by molar-refractivity contribution is 5.74. The first-order valence-electron chi connectivity index (χ1n) is 4.23. The second kappa shape index (κ2) is 3.45. The van der Waals surface area contributed by atoms with Gasteiger partial charge in [0.1, 0.15) is 12.2 Å². The molecular weight excluding hydrogens is 180 g/mol. The predicted octanol–water partition coefficient (Wildman–Crippen LogP) is 0.477. The Bertz CT molecular complexity index is 443. The molecule has 0 spiro atoms. The average molecular weight is 190 g/mol. The second-order valence-electron chi connectivity index (χ2n) is 3.03. The van der Waals surface area contributed by atoms with Crippen molar-refractivity contribution in [1.82, 2.24) is 19.3 Å². The van der Waals surface area contributed by atoms with Crippen LogP contribution in [0.3, 0.4) is 0 Å². The first kappa shape index (κ1) is 8.68. The molecule has 0 unspecified atom stereocenters. The maximum atomic E-state index is 10.4. The normalized spacial score (nSPS) is 10.4. The van der Waals surface area contributed by atoms with Gasteiger partial charge in [0.05, 0.1) is 6.54 Å². The van der Waals surface area contributed by atoms with E-state index in [1.165, 1.54) is 6.33 Å². The highest BCUT2D eigenvalue weighted by Gasteiger charge is 2.01. The van der Waals surface area contributed by atoms with Crippen LogP contribution in [0.25, 0.3) is 0 Å². The number of aldehydes is 1. The maximum Gasteiger partial charge on any atom is 0.151 e. The maximum absolute atomic E-state index is 10.4. The van der Waals surface area contributed by atoms with E-state index >= 15 is 0 Å². The summed E-state index contributed by atoms with van der Waals surface area (Å²) in [7, 11) is 1.84. The van der Waals surface area contributed by atoms with Gasteiger partial charge in [-0.1, -0.05) is 0 Å². The van der Waals surface area contributed by atoms with E-state index in [0.717, 1.165) is 12.1 Å². The van der Waals surface area contributed by atoms with Crippen molar-refractivity contribution in [1.29, 1.82) is 0 Å². The van der Waals surface area contributed by atoms with E-state index in [4.69, 9.17) is 0 Å². The van der Waals surface area contributed by atoms with Crippen LogP contribution < -0.4 is 0 Å². The van der Waals surface area contributed by atoms with Gasteiger partial charge >= 0.3 is 0 Å². The van der Waals surface area contributed by atoms with E-state index in [1.54, 1.807) is 16.9 Å². The molecule has 14 heavy (non-hydrogen) atoms. The average Bonchev–Trinajstić information content (AvgIpc) is 2.77. The topological polar surface area (TPSA) is 52.7 Å². The quantitative estimate of drug-likeness (QED) is 0.661. The van der Waals surface area contributed by atoms with Gasteiger partial charge in [-0.05, 0) is 6.07 Å². The number of aryl methyl sites for hydroxylation is 1. The first-order chi connectivity index (χ1) is 6.79. The molecule has 2 rings (SSSR count). The molecule has 2 aromatic rings. The minimum atomic E-state index is 0.629. The molecule has 0 amide bonds. The summed E-state index contributed by atoms with van der Waals surface area (Å²) in [5.74, 6) is 0.859. The molecule has 2 heterocycles. The molecular formula is C9H10N4O. The van der Waals surface area contributed by atoms with Gasteiger partial charge in [0.2, 0.25) is 0 Å². The van der Waals surface area contributed by atoms with E-state index in [1.807, 2.05) is 17.8 Å². The Morgan fingerprint density at radius 2 is 2.43 bits per heavy atom. The molecule has 0 radical (unpaired) electrons. The van der Waals surface area contributed by atoms with Crippen molar-refractivity contribution in [2.24, 2.45) is 7.05 Å². The van der Waals surface area contributed by atoms with Gasteiger partial charge in [-0.2, -0.15) is 5.10 Å². The van der Waals surface area contributed by atoms with Crippen molar-refractivity contribution < 1.29 is 4.79 Å². The number of hydrogen-bond acceptors (Lipinski definition) is 3. The molecule has 0 aliphatic carbocycles. The molecule has 0 N–H and O–H groups in total. The molecule has 0 aliphatic rings. The summed E-state index contributed by atoms with van der Waals surface area (Å²) in [6.07, 6.45) is 5.97. The number of hydrogen-bond donors (Lipinski definition) is 0. The van der Waals surface area contributed by atoms with Crippen LogP contribution in [0.5, 0.6) is 0 Å². The Morgan fingerprint density at radius 1 is 1.57 bits per heavy atom. The Balaban J connectivity index is 2.18. The third kappa shape index (κ3) is 1.56. The van der Waals surface area contributed by atoms with Gasteiger partial charge < -0.3 is 4.57 Å². The van der Waals surface area contributed by atoms with E-state index < -0.39 is 0 Å². The summed E-state index contributed by atoms with van der Waals surface area (Å²) < 4.78 is 3.61. The minimum Gasteiger partial charge on any atom is -0.346 e. The van der Waals surface area contributed by atoms with Crippen molar-refractivity contribution in [2.75, 3.05) is 0 Å². The number of aromatic nitrogens is 4. The Kier molecular flexibility index (Phi) is 2.14. The van der Waals surface area contributed by atoms with Crippen molar-refractivity contribution >= 4 is 6.29 Å². The van der Waals surface area contributed by atoms with Crippen LogP contribution in [0.4, 0.5) is 0 Å². The van der Waals surface area contributed by atoms with Crippen LogP contribution in [0.15, 0.2) is 24.8 Å². The van der Waals surface area contributed by atoms with Gasteiger partial charge in [-0.3, -0.25) is 9.48 Å². The summed E-state index contributed by atoms with van der Waals surface area (Å²) in [6, 6.07) is 1.77. The standard InChI is InChI=1S/C9H10N4O/c1-12-9(10-7-11-12)5-13-3-2-8(4-13)6-14/h2-4,6-7H,5H2,1H3. The fourth-order valence-electron chi connectivity index (χ4n) is 1.25. The molecule has 0 aromatic carbocycles. The number of carbonyl (C=O) groups is 1. The highest BCUT2D eigenvalue weighted by Crippen LogP contribution is 2.01. The minimum absolute atomic E-state index is 0.629. The number of nitrogens with zero attached hydrogens (tertiary/aromatic N) is 4. The zero-order valence-corrected chi connectivity index (χ0v) is 7.79. The Labute approximate surface area is 81.0 Å². The van der Waals surface area contributed by atoms with Crippen LogP contribution in [-0.2, 0) is 13.6 Å². The van der Waals surface area contributed by atoms with E-state index in [2.05, 4.69) is 10.1 Å². The molecule has 0 fully saturated rings. The molecule has 0 aliphatic heterocycles. The number of rotatable bonds is 3. The third-order valence-corrected chi connectivity index (χ3v) is 2.04. The van der Waals surface area contributed by atoms with Crippen LogP contribution in [-0.4, -0.2) is 25.6 Å². The zero-order chi connectivity index (χ0) is 9.97. The lowest BCUT2D eigenvalue weighted by Gasteiger charge is -2.00. The monoisotopic (exact) mass is 190 g/mol. The third-order valence-electron chi connectivity index (χ3n) is 2.04. The van der Waals surface area contributed by atoms with E-state index in [9.17, 15) is 4.79 Å². The highest BCUT2D eigenvalue weighted by atomic mass is 16.1. The lowest BCUT2D eigenvalue weighted by Crippen LogP contribution is -2.05. The molecule has 0 saturated heterocycles. The SMILES string of the molecule is Cn1ncnc1Cn1ccc(C=O)c1. The van der Waals surface area contributed by atoms with Gasteiger partial charge in [-0.15, -0.1) is 0 Å². The fraction of sp³-hybridized carbons (Fsp3) is 0.222. The largest absolute Gasteiger partial charge is 0.346 e. The summed E-state index contributed by atoms with van der Waals surface area (Å²) in [5, 5.41) is 3.96.